The summed E-state index contributed by atoms with van der Waals surface area (Å²) in [4.78, 5) is 10.7. The van der Waals surface area contributed by atoms with Gasteiger partial charge in [-0.15, -0.1) is 0 Å². The van der Waals surface area contributed by atoms with Crippen molar-refractivity contribution in [2.24, 2.45) is 0 Å². The number of ether oxygens (including phenoxy) is 1. The van der Waals surface area contributed by atoms with Crippen molar-refractivity contribution in [3.63, 3.8) is 0 Å². The van der Waals surface area contributed by atoms with Crippen LogP contribution in [0.15, 0.2) is 0 Å². The second-order valence-electron chi connectivity index (χ2n) is 3.36. The lowest BCUT2D eigenvalue weighted by Gasteiger charge is -2.36. The zero-order chi connectivity index (χ0) is 10.7. The van der Waals surface area contributed by atoms with E-state index in [1.165, 1.54) is 6.92 Å². The molecule has 0 aliphatic carbocycles. The third-order valence-corrected chi connectivity index (χ3v) is 2.13. The molecule has 0 saturated carbocycles. The van der Waals surface area contributed by atoms with Gasteiger partial charge in [-0.25, -0.2) is 0 Å². The topological polar surface area (TPSA) is 99.0 Å². The Kier molecular flexibility index (Phi) is 3.82. The number of nitrogens with one attached hydrogen (secondary N) is 1. The van der Waals surface area contributed by atoms with Gasteiger partial charge in [-0.05, 0) is 0 Å². The van der Waals surface area contributed by atoms with Crippen LogP contribution in [0, 0.1) is 0 Å². The van der Waals surface area contributed by atoms with Crippen LogP contribution in [0.2, 0.25) is 0 Å². The van der Waals surface area contributed by atoms with E-state index in [0.29, 0.717) is 0 Å². The Morgan fingerprint density at radius 3 is 2.64 bits per heavy atom. The molecule has 3 unspecified atom stereocenters. The number of amides is 1. The highest BCUT2D eigenvalue weighted by Gasteiger charge is 2.36. The highest BCUT2D eigenvalue weighted by atomic mass is 16.6. The summed E-state index contributed by atoms with van der Waals surface area (Å²) in [5.41, 5.74) is 0. The predicted octanol–water partition coefficient (Wildman–Crippen LogP) is -2.05. The van der Waals surface area contributed by atoms with Crippen LogP contribution in [0.4, 0.5) is 0 Å². The van der Waals surface area contributed by atoms with Crippen molar-refractivity contribution in [1.82, 2.24) is 5.32 Å². The third-order valence-electron chi connectivity index (χ3n) is 2.13. The molecule has 0 aromatic heterocycles. The third kappa shape index (κ3) is 2.65. The molecule has 0 radical (unpaired) electrons. The SMILES string of the molecule is CC(=O)NC1C(O)OC(CO)C[C@H]1O. The van der Waals surface area contributed by atoms with Gasteiger partial charge in [0.15, 0.2) is 6.29 Å². The maximum Gasteiger partial charge on any atom is 0.217 e. The zero-order valence-corrected chi connectivity index (χ0v) is 7.88. The largest absolute Gasteiger partial charge is 0.394 e. The first-order valence-electron chi connectivity index (χ1n) is 4.44. The first-order valence-corrected chi connectivity index (χ1v) is 4.44. The Morgan fingerprint density at radius 2 is 2.21 bits per heavy atom. The van der Waals surface area contributed by atoms with Crippen molar-refractivity contribution in [2.75, 3.05) is 6.61 Å². The molecular weight excluding hydrogens is 190 g/mol. The maximum atomic E-state index is 10.7. The molecule has 82 valence electrons. The Balaban J connectivity index is 2.55. The van der Waals surface area contributed by atoms with E-state index in [2.05, 4.69) is 5.32 Å². The Labute approximate surface area is 81.5 Å². The molecule has 1 aliphatic rings. The van der Waals surface area contributed by atoms with Gasteiger partial charge in [-0.2, -0.15) is 0 Å². The van der Waals surface area contributed by atoms with Crippen LogP contribution < -0.4 is 5.32 Å². The summed E-state index contributed by atoms with van der Waals surface area (Å²) in [6, 6.07) is -0.824. The Morgan fingerprint density at radius 1 is 1.57 bits per heavy atom. The van der Waals surface area contributed by atoms with E-state index >= 15 is 0 Å². The minimum Gasteiger partial charge on any atom is -0.394 e. The minimum absolute atomic E-state index is 0.193. The second-order valence-corrected chi connectivity index (χ2v) is 3.36. The number of carbonyl (C=O) groups excluding carboxylic acids is 1. The molecule has 0 aromatic rings. The number of aliphatic hydroxyl groups excluding tert-OH is 3. The molecular formula is C8H15NO5. The van der Waals surface area contributed by atoms with E-state index in [1.54, 1.807) is 0 Å². The van der Waals surface area contributed by atoms with Gasteiger partial charge >= 0.3 is 0 Å². The predicted molar refractivity (Wildman–Crippen MR) is 46.2 cm³/mol. The quantitative estimate of drug-likeness (QED) is 0.416. The lowest BCUT2D eigenvalue weighted by molar-refractivity contribution is -0.214. The molecule has 4 N–H and O–H groups in total. The summed E-state index contributed by atoms with van der Waals surface area (Å²) < 4.78 is 4.95. The van der Waals surface area contributed by atoms with Crippen LogP contribution in [0.25, 0.3) is 0 Å². The highest BCUT2D eigenvalue weighted by molar-refractivity contribution is 5.73. The van der Waals surface area contributed by atoms with Gasteiger partial charge in [-0.3, -0.25) is 4.79 Å². The molecule has 6 nitrogen and oxygen atoms in total. The van der Waals surface area contributed by atoms with Crippen LogP contribution in [-0.2, 0) is 9.53 Å². The summed E-state index contributed by atoms with van der Waals surface area (Å²) in [5.74, 6) is -0.348. The van der Waals surface area contributed by atoms with Gasteiger partial charge in [0, 0.05) is 13.3 Å². The number of hydrogen-bond donors (Lipinski definition) is 4. The summed E-state index contributed by atoms with van der Waals surface area (Å²) in [6.07, 6.45) is -2.57. The van der Waals surface area contributed by atoms with Gasteiger partial charge < -0.3 is 25.4 Å². The molecule has 0 spiro atoms. The summed E-state index contributed by atoms with van der Waals surface area (Å²) >= 11 is 0. The van der Waals surface area contributed by atoms with Crippen LogP contribution in [0.3, 0.4) is 0 Å². The van der Waals surface area contributed by atoms with Gasteiger partial charge in [0.05, 0.1) is 18.8 Å². The number of hydrogen-bond acceptors (Lipinski definition) is 5. The molecule has 0 aromatic carbocycles. The zero-order valence-electron chi connectivity index (χ0n) is 7.88. The second kappa shape index (κ2) is 4.70. The van der Waals surface area contributed by atoms with Crippen LogP contribution in [0.5, 0.6) is 0 Å². The number of carbonyl (C=O) groups is 1. The van der Waals surface area contributed by atoms with E-state index in [-0.39, 0.29) is 18.9 Å². The molecule has 0 bridgehead atoms. The molecule has 1 rings (SSSR count). The Hall–Kier alpha value is -0.690. The summed E-state index contributed by atoms with van der Waals surface area (Å²) in [5, 5.41) is 30.0. The van der Waals surface area contributed by atoms with E-state index in [0.717, 1.165) is 0 Å². The molecule has 1 heterocycles. The minimum atomic E-state index is -1.28. The van der Waals surface area contributed by atoms with Crippen LogP contribution in [-0.4, -0.2) is 52.4 Å². The highest BCUT2D eigenvalue weighted by Crippen LogP contribution is 2.18. The fourth-order valence-electron chi connectivity index (χ4n) is 1.46. The Bertz CT molecular complexity index is 198. The number of rotatable bonds is 2. The first kappa shape index (κ1) is 11.4. The molecule has 14 heavy (non-hydrogen) atoms. The normalized spacial score (nSPS) is 38.0. The van der Waals surface area contributed by atoms with Crippen molar-refractivity contribution in [3.8, 4) is 0 Å². The van der Waals surface area contributed by atoms with E-state index in [1.807, 2.05) is 0 Å². The van der Waals surface area contributed by atoms with Crippen molar-refractivity contribution in [1.29, 1.82) is 0 Å². The lowest BCUT2D eigenvalue weighted by Crippen LogP contribution is -2.57. The maximum absolute atomic E-state index is 10.7. The van der Waals surface area contributed by atoms with Crippen LogP contribution >= 0.6 is 0 Å². The van der Waals surface area contributed by atoms with Crippen molar-refractivity contribution in [3.05, 3.63) is 0 Å². The fourth-order valence-corrected chi connectivity index (χ4v) is 1.46. The smallest absolute Gasteiger partial charge is 0.217 e. The molecule has 1 fully saturated rings. The average molecular weight is 205 g/mol. The van der Waals surface area contributed by atoms with Gasteiger partial charge in [0.1, 0.15) is 6.04 Å². The summed E-state index contributed by atoms with van der Waals surface area (Å²) in [7, 11) is 0. The molecule has 1 aliphatic heterocycles. The summed E-state index contributed by atoms with van der Waals surface area (Å²) in [6.45, 7) is 1.03. The number of aliphatic hydroxyl groups is 3. The molecule has 1 saturated heterocycles. The van der Waals surface area contributed by atoms with Crippen molar-refractivity contribution < 1.29 is 24.9 Å². The van der Waals surface area contributed by atoms with Gasteiger partial charge in [0.25, 0.3) is 0 Å². The van der Waals surface area contributed by atoms with Crippen molar-refractivity contribution >= 4 is 5.91 Å². The van der Waals surface area contributed by atoms with Crippen LogP contribution in [0.1, 0.15) is 13.3 Å². The lowest BCUT2D eigenvalue weighted by atomic mass is 10.0. The standard InChI is InChI=1S/C8H15NO5/c1-4(11)9-7-6(12)2-5(3-10)14-8(7)13/h5-8,10,12-13H,2-3H2,1H3,(H,9,11)/t5?,6-,7?,8?/m1/s1. The molecule has 6 heteroatoms. The first-order chi connectivity index (χ1) is 6.54. The van der Waals surface area contributed by atoms with E-state index in [4.69, 9.17) is 9.84 Å². The average Bonchev–Trinajstić information content (AvgIpc) is 2.10. The van der Waals surface area contributed by atoms with E-state index in [9.17, 15) is 15.0 Å². The van der Waals surface area contributed by atoms with E-state index < -0.39 is 24.5 Å². The van der Waals surface area contributed by atoms with Gasteiger partial charge in [0.2, 0.25) is 5.91 Å². The molecule has 1 amide bonds. The fraction of sp³-hybridized carbons (Fsp3) is 0.875. The monoisotopic (exact) mass is 205 g/mol. The molecule has 4 atom stereocenters. The van der Waals surface area contributed by atoms with Gasteiger partial charge in [-0.1, -0.05) is 0 Å². The van der Waals surface area contributed by atoms with Crippen molar-refractivity contribution in [2.45, 2.75) is 37.9 Å².